The smallest absolute Gasteiger partial charge is 0.251 e. The maximum absolute atomic E-state index is 12.7. The molecule has 0 spiro atoms. The molecule has 0 saturated carbocycles. The van der Waals surface area contributed by atoms with Crippen molar-refractivity contribution >= 4 is 17.2 Å². The Labute approximate surface area is 109 Å². The summed E-state index contributed by atoms with van der Waals surface area (Å²) in [5.41, 5.74) is 0.469. The van der Waals surface area contributed by atoms with E-state index in [1.165, 1.54) is 24.3 Å². The number of benzene rings is 1. The summed E-state index contributed by atoms with van der Waals surface area (Å²) in [4.78, 5) is 17.0. The largest absolute Gasteiger partial charge is 0.352 e. The first-order valence-corrected chi connectivity index (χ1v) is 6.42. The van der Waals surface area contributed by atoms with Crippen LogP contribution in [0.4, 0.5) is 4.39 Å². The third kappa shape index (κ3) is 3.37. The molecule has 1 heterocycles. The molecule has 0 aliphatic heterocycles. The molecule has 1 aromatic carbocycles. The third-order valence-electron chi connectivity index (χ3n) is 2.43. The lowest BCUT2D eigenvalue weighted by Crippen LogP contribution is -2.25. The number of halogens is 1. The number of hydrogen-bond donors (Lipinski definition) is 1. The van der Waals surface area contributed by atoms with Crippen LogP contribution in [0.5, 0.6) is 0 Å². The second-order valence-electron chi connectivity index (χ2n) is 3.86. The number of carbonyl (C=O) groups excluding carboxylic acids is 1. The number of nitrogens with one attached hydrogen (secondary N) is 1. The average Bonchev–Trinajstić information content (AvgIpc) is 2.76. The van der Waals surface area contributed by atoms with Gasteiger partial charge in [-0.25, -0.2) is 9.37 Å². The normalized spacial score (nSPS) is 10.3. The lowest BCUT2D eigenvalue weighted by molar-refractivity contribution is 0.0954. The summed E-state index contributed by atoms with van der Waals surface area (Å²) in [6.45, 7) is 2.50. The standard InChI is InChI=1S/C13H13FN2OS/c1-9-16-8-12(18-9)6-7-15-13(17)10-2-4-11(14)5-3-10/h2-5,8H,6-7H2,1H3,(H,15,17). The molecule has 1 aromatic heterocycles. The Morgan fingerprint density at radius 2 is 2.11 bits per heavy atom. The Bertz CT molecular complexity index is 536. The molecule has 1 N–H and O–H groups in total. The summed E-state index contributed by atoms with van der Waals surface area (Å²) >= 11 is 1.63. The number of rotatable bonds is 4. The van der Waals surface area contributed by atoms with E-state index in [4.69, 9.17) is 0 Å². The number of amides is 1. The van der Waals surface area contributed by atoms with Gasteiger partial charge in [0.25, 0.3) is 5.91 Å². The van der Waals surface area contributed by atoms with Crippen molar-refractivity contribution in [1.82, 2.24) is 10.3 Å². The number of aromatic nitrogens is 1. The van der Waals surface area contributed by atoms with Gasteiger partial charge < -0.3 is 5.32 Å². The Balaban J connectivity index is 1.83. The van der Waals surface area contributed by atoms with Crippen LogP contribution in [0.2, 0.25) is 0 Å². The molecule has 0 atom stereocenters. The van der Waals surface area contributed by atoms with Gasteiger partial charge in [-0.2, -0.15) is 0 Å². The molecule has 0 aliphatic rings. The molecule has 18 heavy (non-hydrogen) atoms. The predicted molar refractivity (Wildman–Crippen MR) is 69.3 cm³/mol. The van der Waals surface area contributed by atoms with Crippen molar-refractivity contribution in [2.75, 3.05) is 6.54 Å². The summed E-state index contributed by atoms with van der Waals surface area (Å²) in [7, 11) is 0. The predicted octanol–water partition coefficient (Wildman–Crippen LogP) is 2.56. The van der Waals surface area contributed by atoms with E-state index in [2.05, 4.69) is 10.3 Å². The molecular weight excluding hydrogens is 251 g/mol. The Morgan fingerprint density at radius 3 is 2.72 bits per heavy atom. The first kappa shape index (κ1) is 12.7. The first-order valence-electron chi connectivity index (χ1n) is 5.60. The van der Waals surface area contributed by atoms with Gasteiger partial charge in [0.05, 0.1) is 5.01 Å². The van der Waals surface area contributed by atoms with Gasteiger partial charge in [-0.15, -0.1) is 11.3 Å². The van der Waals surface area contributed by atoms with Crippen LogP contribution in [0.1, 0.15) is 20.2 Å². The zero-order valence-electron chi connectivity index (χ0n) is 9.94. The van der Waals surface area contributed by atoms with Crippen molar-refractivity contribution in [3.63, 3.8) is 0 Å². The van der Waals surface area contributed by atoms with Gasteiger partial charge in [-0.1, -0.05) is 0 Å². The van der Waals surface area contributed by atoms with Gasteiger partial charge in [0.15, 0.2) is 0 Å². The summed E-state index contributed by atoms with van der Waals surface area (Å²) in [5.74, 6) is -0.525. The minimum Gasteiger partial charge on any atom is -0.352 e. The molecule has 0 fully saturated rings. The van der Waals surface area contributed by atoms with Crippen molar-refractivity contribution in [1.29, 1.82) is 0 Å². The van der Waals surface area contributed by atoms with Crippen molar-refractivity contribution in [2.45, 2.75) is 13.3 Å². The number of hydrogen-bond acceptors (Lipinski definition) is 3. The molecule has 2 aromatic rings. The highest BCUT2D eigenvalue weighted by Gasteiger charge is 2.05. The van der Waals surface area contributed by atoms with E-state index >= 15 is 0 Å². The van der Waals surface area contributed by atoms with Gasteiger partial charge in [0, 0.05) is 29.6 Å². The molecule has 3 nitrogen and oxygen atoms in total. The highest BCUT2D eigenvalue weighted by Crippen LogP contribution is 2.11. The number of thiazole rings is 1. The van der Waals surface area contributed by atoms with Crippen LogP contribution in [0.25, 0.3) is 0 Å². The van der Waals surface area contributed by atoms with Crippen LogP contribution < -0.4 is 5.32 Å². The lowest BCUT2D eigenvalue weighted by Gasteiger charge is -2.03. The van der Waals surface area contributed by atoms with E-state index in [1.807, 2.05) is 13.1 Å². The van der Waals surface area contributed by atoms with E-state index in [0.29, 0.717) is 12.1 Å². The van der Waals surface area contributed by atoms with Gasteiger partial charge in [-0.05, 0) is 31.2 Å². The molecule has 0 radical (unpaired) electrons. The highest BCUT2D eigenvalue weighted by atomic mass is 32.1. The number of carbonyl (C=O) groups is 1. The van der Waals surface area contributed by atoms with Crippen molar-refractivity contribution < 1.29 is 9.18 Å². The second-order valence-corrected chi connectivity index (χ2v) is 5.18. The number of nitrogens with zero attached hydrogens (tertiary/aromatic N) is 1. The first-order chi connectivity index (χ1) is 8.65. The van der Waals surface area contributed by atoms with Crippen molar-refractivity contribution in [3.8, 4) is 0 Å². The summed E-state index contributed by atoms with van der Waals surface area (Å²) < 4.78 is 12.7. The maximum Gasteiger partial charge on any atom is 0.251 e. The van der Waals surface area contributed by atoms with Gasteiger partial charge in [0.2, 0.25) is 0 Å². The fraction of sp³-hybridized carbons (Fsp3) is 0.231. The molecule has 0 saturated heterocycles. The van der Waals surface area contributed by atoms with Gasteiger partial charge >= 0.3 is 0 Å². The Hall–Kier alpha value is -1.75. The van der Waals surface area contributed by atoms with Crippen molar-refractivity contribution in [2.24, 2.45) is 0 Å². The zero-order valence-corrected chi connectivity index (χ0v) is 10.8. The lowest BCUT2D eigenvalue weighted by atomic mass is 10.2. The van der Waals surface area contributed by atoms with Crippen LogP contribution in [0.15, 0.2) is 30.5 Å². The maximum atomic E-state index is 12.7. The zero-order chi connectivity index (χ0) is 13.0. The van der Waals surface area contributed by atoms with Gasteiger partial charge in [0.1, 0.15) is 5.82 Å². The van der Waals surface area contributed by atoms with E-state index in [0.717, 1.165) is 16.3 Å². The fourth-order valence-corrected chi connectivity index (χ4v) is 2.32. The van der Waals surface area contributed by atoms with Crippen molar-refractivity contribution in [3.05, 3.63) is 51.7 Å². The summed E-state index contributed by atoms with van der Waals surface area (Å²) in [6, 6.07) is 5.51. The van der Waals surface area contributed by atoms with Crippen LogP contribution in [-0.2, 0) is 6.42 Å². The van der Waals surface area contributed by atoms with Crippen LogP contribution in [0.3, 0.4) is 0 Å². The molecule has 0 unspecified atom stereocenters. The molecule has 2 rings (SSSR count). The minimum absolute atomic E-state index is 0.184. The van der Waals surface area contributed by atoms with Crippen LogP contribution in [-0.4, -0.2) is 17.4 Å². The average molecular weight is 264 g/mol. The number of aryl methyl sites for hydroxylation is 1. The minimum atomic E-state index is -0.341. The van der Waals surface area contributed by atoms with E-state index in [-0.39, 0.29) is 11.7 Å². The summed E-state index contributed by atoms with van der Waals surface area (Å²) in [5, 5.41) is 3.82. The highest BCUT2D eigenvalue weighted by molar-refractivity contribution is 7.11. The Kier molecular flexibility index (Phi) is 4.04. The van der Waals surface area contributed by atoms with Crippen LogP contribution >= 0.6 is 11.3 Å². The quantitative estimate of drug-likeness (QED) is 0.922. The van der Waals surface area contributed by atoms with Crippen LogP contribution in [0, 0.1) is 12.7 Å². The SMILES string of the molecule is Cc1ncc(CCNC(=O)c2ccc(F)cc2)s1. The second kappa shape index (κ2) is 5.73. The molecule has 94 valence electrons. The monoisotopic (exact) mass is 264 g/mol. The van der Waals surface area contributed by atoms with E-state index < -0.39 is 0 Å². The summed E-state index contributed by atoms with van der Waals surface area (Å²) in [6.07, 6.45) is 2.59. The molecular formula is C13H13FN2OS. The third-order valence-corrected chi connectivity index (χ3v) is 3.41. The van der Waals surface area contributed by atoms with Gasteiger partial charge in [-0.3, -0.25) is 4.79 Å². The van der Waals surface area contributed by atoms with E-state index in [9.17, 15) is 9.18 Å². The molecule has 5 heteroatoms. The fourth-order valence-electron chi connectivity index (χ4n) is 1.52. The Morgan fingerprint density at radius 1 is 1.39 bits per heavy atom. The molecule has 0 bridgehead atoms. The molecule has 1 amide bonds. The topological polar surface area (TPSA) is 42.0 Å². The van der Waals surface area contributed by atoms with E-state index in [1.54, 1.807) is 11.3 Å². The molecule has 0 aliphatic carbocycles.